The summed E-state index contributed by atoms with van der Waals surface area (Å²) < 4.78 is 20.3. The minimum absolute atomic E-state index is 0.0740. The fraction of sp³-hybridized carbons (Fsp3) is 0.120. The van der Waals surface area contributed by atoms with Crippen LogP contribution in [0, 0.1) is 5.82 Å². The van der Waals surface area contributed by atoms with Gasteiger partial charge in [-0.05, 0) is 36.2 Å². The summed E-state index contributed by atoms with van der Waals surface area (Å²) in [6.07, 6.45) is 0.901. The van der Waals surface area contributed by atoms with E-state index in [1.807, 2.05) is 0 Å². The van der Waals surface area contributed by atoms with Crippen LogP contribution >= 0.6 is 0 Å². The molecule has 0 aliphatic carbocycles. The molecule has 0 aliphatic heterocycles. The molecule has 3 heterocycles. The summed E-state index contributed by atoms with van der Waals surface area (Å²) >= 11 is 0. The Balaban J connectivity index is 1.36. The second kappa shape index (κ2) is 9.49. The maximum absolute atomic E-state index is 14.3. The van der Waals surface area contributed by atoms with Crippen LogP contribution in [0.25, 0.3) is 16.7 Å². The van der Waals surface area contributed by atoms with Crippen molar-refractivity contribution >= 4 is 34.3 Å². The van der Waals surface area contributed by atoms with Crippen molar-refractivity contribution in [1.29, 1.82) is 0 Å². The maximum atomic E-state index is 14.3. The predicted molar refractivity (Wildman–Crippen MR) is 129 cm³/mol. The lowest BCUT2D eigenvalue weighted by molar-refractivity contribution is 0.0941. The van der Waals surface area contributed by atoms with Gasteiger partial charge in [-0.3, -0.25) is 19.4 Å². The van der Waals surface area contributed by atoms with Gasteiger partial charge in [0.2, 0.25) is 0 Å². The van der Waals surface area contributed by atoms with Crippen molar-refractivity contribution in [2.24, 2.45) is 0 Å². The third kappa shape index (κ3) is 4.85. The van der Waals surface area contributed by atoms with E-state index in [0.717, 1.165) is 10.7 Å². The lowest BCUT2D eigenvalue weighted by atomic mass is 10.1. The average molecular weight is 502 g/mol. The molecule has 0 fully saturated rings. The highest BCUT2D eigenvalue weighted by molar-refractivity contribution is 5.98. The van der Waals surface area contributed by atoms with Crippen molar-refractivity contribution in [3.63, 3.8) is 0 Å². The summed E-state index contributed by atoms with van der Waals surface area (Å²) in [4.78, 5) is 55.3. The Morgan fingerprint density at radius 2 is 1.78 bits per heavy atom. The van der Waals surface area contributed by atoms with E-state index in [9.17, 15) is 23.6 Å². The van der Waals surface area contributed by atoms with E-state index in [0.29, 0.717) is 27.8 Å². The van der Waals surface area contributed by atoms with E-state index in [-0.39, 0.29) is 35.9 Å². The molecule has 0 aliphatic rings. The average Bonchev–Trinajstić information content (AvgIpc) is 3.46. The first-order chi connectivity index (χ1) is 17.8. The van der Waals surface area contributed by atoms with Crippen LogP contribution in [-0.4, -0.2) is 37.2 Å². The number of hydrogen-bond donors (Lipinski definition) is 3. The van der Waals surface area contributed by atoms with Crippen LogP contribution in [0.3, 0.4) is 0 Å². The summed E-state index contributed by atoms with van der Waals surface area (Å²) in [5.41, 5.74) is 2.15. The normalized spacial score (nSPS) is 11.1. The number of amides is 2. The molecule has 0 saturated heterocycles. The standard InChI is InChI=1S/C25H19FN6O5/c1-13(33)16-4-2-3-14(7-16)10-28-24(35)20-9-19(30-22-17(26)12-29-32(20)22)23(34)27-11-15-5-6-21-18(8-15)31-25(36)37-21/h2-9,12H,10-11H2,1H3,(H,27,34)(H,28,35)(H,31,36). The first-order valence-electron chi connectivity index (χ1n) is 11.1. The van der Waals surface area contributed by atoms with Crippen LogP contribution in [0.1, 0.15) is 49.4 Å². The molecular weight excluding hydrogens is 483 g/mol. The van der Waals surface area contributed by atoms with E-state index in [2.05, 4.69) is 25.7 Å². The van der Waals surface area contributed by atoms with Crippen LogP contribution in [0.2, 0.25) is 0 Å². The quantitative estimate of drug-likeness (QED) is 0.289. The minimum atomic E-state index is -0.799. The second-order valence-electron chi connectivity index (χ2n) is 8.22. The second-order valence-corrected chi connectivity index (χ2v) is 8.22. The summed E-state index contributed by atoms with van der Waals surface area (Å²) in [6.45, 7) is 1.61. The monoisotopic (exact) mass is 502 g/mol. The number of rotatable bonds is 7. The van der Waals surface area contributed by atoms with Gasteiger partial charge >= 0.3 is 5.76 Å². The number of hydrogen-bond acceptors (Lipinski definition) is 7. The first-order valence-corrected chi connectivity index (χ1v) is 11.1. The molecule has 3 aromatic heterocycles. The fourth-order valence-corrected chi connectivity index (χ4v) is 3.77. The lowest BCUT2D eigenvalue weighted by Crippen LogP contribution is -2.28. The number of ketones is 1. The molecule has 0 atom stereocenters. The Labute approximate surface area is 207 Å². The molecule has 0 saturated carbocycles. The highest BCUT2D eigenvalue weighted by atomic mass is 19.1. The fourth-order valence-electron chi connectivity index (χ4n) is 3.77. The number of nitrogens with one attached hydrogen (secondary N) is 3. The Hall–Kier alpha value is -5.13. The molecule has 11 nitrogen and oxygen atoms in total. The Kier molecular flexibility index (Phi) is 6.05. The number of H-pyrrole nitrogens is 1. The predicted octanol–water partition coefficient (Wildman–Crippen LogP) is 2.37. The van der Waals surface area contributed by atoms with Crippen molar-refractivity contribution in [3.05, 3.63) is 99.2 Å². The third-order valence-corrected chi connectivity index (χ3v) is 5.62. The number of oxazole rings is 1. The molecule has 0 radical (unpaired) electrons. The molecule has 2 amide bonds. The van der Waals surface area contributed by atoms with E-state index >= 15 is 0 Å². The molecule has 37 heavy (non-hydrogen) atoms. The van der Waals surface area contributed by atoms with Gasteiger partial charge in [0.25, 0.3) is 11.8 Å². The molecule has 5 rings (SSSR count). The number of aromatic nitrogens is 4. The van der Waals surface area contributed by atoms with Crippen molar-refractivity contribution < 1.29 is 23.2 Å². The molecule has 5 aromatic rings. The SMILES string of the molecule is CC(=O)c1cccc(CNC(=O)c2cc(C(=O)NCc3ccc4oc(=O)[nH]c4c3)nc3c(F)cnn23)c1. The number of carbonyl (C=O) groups is 3. The molecule has 186 valence electrons. The number of Topliss-reactive ketones (excluding diaryl/α,β-unsaturated/α-hetero) is 1. The Morgan fingerprint density at radius 1 is 1.03 bits per heavy atom. The molecule has 3 N–H and O–H groups in total. The van der Waals surface area contributed by atoms with Crippen LogP contribution < -0.4 is 16.4 Å². The van der Waals surface area contributed by atoms with E-state index in [1.165, 1.54) is 13.0 Å². The van der Waals surface area contributed by atoms with Crippen molar-refractivity contribution in [1.82, 2.24) is 30.2 Å². The summed E-state index contributed by atoms with van der Waals surface area (Å²) in [5, 5.41) is 9.22. The smallest absolute Gasteiger partial charge is 0.408 e. The van der Waals surface area contributed by atoms with Crippen molar-refractivity contribution in [2.75, 3.05) is 0 Å². The van der Waals surface area contributed by atoms with Gasteiger partial charge in [-0.2, -0.15) is 5.10 Å². The Morgan fingerprint density at radius 3 is 2.57 bits per heavy atom. The van der Waals surface area contributed by atoms with Gasteiger partial charge < -0.3 is 15.1 Å². The van der Waals surface area contributed by atoms with Crippen LogP contribution in [0.15, 0.2) is 63.9 Å². The summed E-state index contributed by atoms with van der Waals surface area (Å²) in [5.74, 6) is -2.76. The molecule has 0 bridgehead atoms. The summed E-state index contributed by atoms with van der Waals surface area (Å²) in [6, 6.07) is 12.9. The van der Waals surface area contributed by atoms with Crippen LogP contribution in [0.4, 0.5) is 4.39 Å². The minimum Gasteiger partial charge on any atom is -0.408 e. The number of benzene rings is 2. The van der Waals surface area contributed by atoms with Crippen LogP contribution in [0.5, 0.6) is 0 Å². The van der Waals surface area contributed by atoms with Crippen LogP contribution in [-0.2, 0) is 13.1 Å². The highest BCUT2D eigenvalue weighted by Gasteiger charge is 2.20. The lowest BCUT2D eigenvalue weighted by Gasteiger charge is -2.10. The van der Waals surface area contributed by atoms with E-state index < -0.39 is 23.4 Å². The van der Waals surface area contributed by atoms with Gasteiger partial charge in [0.1, 0.15) is 11.4 Å². The third-order valence-electron chi connectivity index (χ3n) is 5.62. The zero-order chi connectivity index (χ0) is 26.1. The zero-order valence-electron chi connectivity index (χ0n) is 19.4. The highest BCUT2D eigenvalue weighted by Crippen LogP contribution is 2.14. The first kappa shape index (κ1) is 23.6. The number of aromatic amines is 1. The van der Waals surface area contributed by atoms with Gasteiger partial charge in [0, 0.05) is 24.7 Å². The van der Waals surface area contributed by atoms with Gasteiger partial charge in [-0.25, -0.2) is 18.7 Å². The van der Waals surface area contributed by atoms with Crippen molar-refractivity contribution in [3.8, 4) is 0 Å². The molecule has 12 heteroatoms. The molecule has 2 aromatic carbocycles. The zero-order valence-corrected chi connectivity index (χ0v) is 19.4. The van der Waals surface area contributed by atoms with E-state index in [1.54, 1.807) is 42.5 Å². The van der Waals surface area contributed by atoms with Gasteiger partial charge in [0.15, 0.2) is 22.8 Å². The Bertz CT molecular complexity index is 1750. The topological polar surface area (TPSA) is 151 Å². The summed E-state index contributed by atoms with van der Waals surface area (Å²) in [7, 11) is 0. The van der Waals surface area contributed by atoms with E-state index in [4.69, 9.17) is 4.42 Å². The number of carbonyl (C=O) groups excluding carboxylic acids is 3. The number of fused-ring (bicyclic) bond motifs is 2. The molecule has 0 spiro atoms. The molecule has 0 unspecified atom stereocenters. The van der Waals surface area contributed by atoms with Gasteiger partial charge in [-0.15, -0.1) is 0 Å². The largest absolute Gasteiger partial charge is 0.417 e. The molecular formula is C25H19FN6O5. The number of nitrogens with zero attached hydrogens (tertiary/aromatic N) is 3. The maximum Gasteiger partial charge on any atom is 0.417 e. The van der Waals surface area contributed by atoms with Gasteiger partial charge in [0.05, 0.1) is 11.7 Å². The van der Waals surface area contributed by atoms with Gasteiger partial charge in [-0.1, -0.05) is 24.3 Å². The number of halogens is 1. The van der Waals surface area contributed by atoms with Crippen molar-refractivity contribution in [2.45, 2.75) is 20.0 Å².